The molecular weight excluding hydrogens is 339 g/mol. The summed E-state index contributed by atoms with van der Waals surface area (Å²) in [5.74, 6) is 0.101. The standard InChI is InChI=1S/C18H13FN4OS/c1-10-5-11(2)7-12(6-10)16-22-23-18(24-16)25-17-14-8-13(19)3-4-15(14)20-9-21-17/h3-9H,1-2H3. The second kappa shape index (κ2) is 6.25. The van der Waals surface area contributed by atoms with Gasteiger partial charge in [-0.3, -0.25) is 0 Å². The van der Waals surface area contributed by atoms with Crippen molar-refractivity contribution >= 4 is 22.7 Å². The van der Waals surface area contributed by atoms with Gasteiger partial charge < -0.3 is 4.42 Å². The highest BCUT2D eigenvalue weighted by Crippen LogP contribution is 2.32. The van der Waals surface area contributed by atoms with Gasteiger partial charge in [0.2, 0.25) is 5.89 Å². The first kappa shape index (κ1) is 15.7. The van der Waals surface area contributed by atoms with Crippen LogP contribution >= 0.6 is 11.8 Å². The third kappa shape index (κ3) is 3.23. The number of benzene rings is 2. The van der Waals surface area contributed by atoms with Gasteiger partial charge in [-0.15, -0.1) is 10.2 Å². The molecule has 0 spiro atoms. The quantitative estimate of drug-likeness (QED) is 0.503. The molecule has 0 saturated carbocycles. The minimum absolute atomic E-state index is 0.342. The van der Waals surface area contributed by atoms with Crippen LogP contribution in [0.15, 0.2) is 57.4 Å². The van der Waals surface area contributed by atoms with Gasteiger partial charge in [0.15, 0.2) is 0 Å². The Morgan fingerprint density at radius 2 is 1.76 bits per heavy atom. The Balaban J connectivity index is 1.69. The molecule has 0 atom stereocenters. The predicted octanol–water partition coefficient (Wildman–Crippen LogP) is 4.59. The fourth-order valence-electron chi connectivity index (χ4n) is 2.64. The number of hydrogen-bond acceptors (Lipinski definition) is 6. The van der Waals surface area contributed by atoms with Crippen LogP contribution in [0.2, 0.25) is 0 Å². The molecule has 0 radical (unpaired) electrons. The van der Waals surface area contributed by atoms with Gasteiger partial charge in [0.1, 0.15) is 17.2 Å². The Bertz CT molecular complexity index is 1060. The Kier molecular flexibility index (Phi) is 3.93. The number of aryl methyl sites for hydroxylation is 2. The topological polar surface area (TPSA) is 64.7 Å². The van der Waals surface area contributed by atoms with E-state index in [9.17, 15) is 4.39 Å². The number of rotatable bonds is 3. The lowest BCUT2D eigenvalue weighted by molar-refractivity contribution is 0.465. The first-order valence-corrected chi connectivity index (χ1v) is 8.40. The molecule has 2 aromatic heterocycles. The molecule has 0 aliphatic carbocycles. The smallest absolute Gasteiger partial charge is 0.283 e. The summed E-state index contributed by atoms with van der Waals surface area (Å²) >= 11 is 1.19. The molecule has 0 aliphatic rings. The average molecular weight is 352 g/mol. The normalized spacial score (nSPS) is 11.2. The molecule has 0 amide bonds. The number of aromatic nitrogens is 4. The third-order valence-electron chi connectivity index (χ3n) is 3.62. The summed E-state index contributed by atoms with van der Waals surface area (Å²) in [4.78, 5) is 8.35. The molecular formula is C18H13FN4OS. The zero-order chi connectivity index (χ0) is 17.4. The zero-order valence-corrected chi connectivity index (χ0v) is 14.3. The van der Waals surface area contributed by atoms with Gasteiger partial charge >= 0.3 is 0 Å². The van der Waals surface area contributed by atoms with Gasteiger partial charge in [0.25, 0.3) is 5.22 Å². The SMILES string of the molecule is Cc1cc(C)cc(-c2nnc(Sc3ncnc4ccc(F)cc34)o2)c1. The van der Waals surface area contributed by atoms with Crippen molar-refractivity contribution in [3.63, 3.8) is 0 Å². The van der Waals surface area contributed by atoms with Crippen LogP contribution in [0, 0.1) is 19.7 Å². The van der Waals surface area contributed by atoms with E-state index >= 15 is 0 Å². The van der Waals surface area contributed by atoms with Crippen LogP contribution in [0.5, 0.6) is 0 Å². The number of halogens is 1. The van der Waals surface area contributed by atoms with Gasteiger partial charge in [0, 0.05) is 10.9 Å². The Hall–Kier alpha value is -2.80. The summed E-state index contributed by atoms with van der Waals surface area (Å²) in [6.45, 7) is 4.04. The minimum Gasteiger partial charge on any atom is -0.411 e. The van der Waals surface area contributed by atoms with Crippen LogP contribution < -0.4 is 0 Å². The fourth-order valence-corrected chi connectivity index (χ4v) is 3.38. The summed E-state index contributed by atoms with van der Waals surface area (Å²) in [6, 6.07) is 10.4. The Labute approximate surface area is 147 Å². The van der Waals surface area contributed by atoms with Crippen LogP contribution in [0.3, 0.4) is 0 Å². The van der Waals surface area contributed by atoms with Crippen molar-refractivity contribution in [1.29, 1.82) is 0 Å². The molecule has 0 saturated heterocycles. The Morgan fingerprint density at radius 1 is 0.960 bits per heavy atom. The van der Waals surface area contributed by atoms with Gasteiger partial charge in [0.05, 0.1) is 5.52 Å². The summed E-state index contributed by atoms with van der Waals surface area (Å²) in [6.07, 6.45) is 1.43. The first-order valence-electron chi connectivity index (χ1n) is 7.59. The third-order valence-corrected chi connectivity index (χ3v) is 4.48. The summed E-state index contributed by atoms with van der Waals surface area (Å²) in [5.41, 5.74) is 3.78. The highest BCUT2D eigenvalue weighted by Gasteiger charge is 2.14. The first-order chi connectivity index (χ1) is 12.1. The van der Waals surface area contributed by atoms with Crippen LogP contribution in [0.4, 0.5) is 4.39 Å². The predicted molar refractivity (Wildman–Crippen MR) is 92.8 cm³/mol. The van der Waals surface area contributed by atoms with E-state index in [0.717, 1.165) is 16.7 Å². The molecule has 0 unspecified atom stereocenters. The lowest BCUT2D eigenvalue weighted by Gasteiger charge is -2.02. The molecule has 4 rings (SSSR count). The van der Waals surface area contributed by atoms with Gasteiger partial charge in [-0.25, -0.2) is 14.4 Å². The summed E-state index contributed by atoms with van der Waals surface area (Å²) < 4.78 is 19.3. The van der Waals surface area contributed by atoms with Crippen molar-refractivity contribution in [3.8, 4) is 11.5 Å². The maximum Gasteiger partial charge on any atom is 0.283 e. The van der Waals surface area contributed by atoms with Crippen molar-refractivity contribution < 1.29 is 8.81 Å². The molecule has 7 heteroatoms. The molecule has 124 valence electrons. The van der Waals surface area contributed by atoms with Crippen LogP contribution in [-0.4, -0.2) is 20.2 Å². The van der Waals surface area contributed by atoms with E-state index in [2.05, 4.69) is 26.2 Å². The molecule has 4 aromatic rings. The zero-order valence-electron chi connectivity index (χ0n) is 13.5. The van der Waals surface area contributed by atoms with E-state index in [1.54, 1.807) is 6.07 Å². The minimum atomic E-state index is -0.342. The molecule has 2 heterocycles. The van der Waals surface area contributed by atoms with Crippen LogP contribution in [0.25, 0.3) is 22.4 Å². The van der Waals surface area contributed by atoms with Crippen molar-refractivity contribution in [2.24, 2.45) is 0 Å². The molecule has 2 aromatic carbocycles. The van der Waals surface area contributed by atoms with Gasteiger partial charge in [-0.05, 0) is 55.9 Å². The number of hydrogen-bond donors (Lipinski definition) is 0. The van der Waals surface area contributed by atoms with E-state index in [-0.39, 0.29) is 5.82 Å². The molecule has 0 bridgehead atoms. The number of fused-ring (bicyclic) bond motifs is 1. The lowest BCUT2D eigenvalue weighted by atomic mass is 10.1. The van der Waals surface area contributed by atoms with E-state index < -0.39 is 0 Å². The van der Waals surface area contributed by atoms with E-state index in [0.29, 0.717) is 27.0 Å². The summed E-state index contributed by atoms with van der Waals surface area (Å²) in [5, 5.41) is 9.70. The van der Waals surface area contributed by atoms with Gasteiger partial charge in [-0.1, -0.05) is 17.2 Å². The highest BCUT2D eigenvalue weighted by atomic mass is 32.2. The fraction of sp³-hybridized carbons (Fsp3) is 0.111. The van der Waals surface area contributed by atoms with Crippen molar-refractivity contribution in [2.45, 2.75) is 24.1 Å². The molecule has 5 nitrogen and oxygen atoms in total. The largest absolute Gasteiger partial charge is 0.411 e. The lowest BCUT2D eigenvalue weighted by Crippen LogP contribution is -1.88. The summed E-state index contributed by atoms with van der Waals surface area (Å²) in [7, 11) is 0. The van der Waals surface area contributed by atoms with Crippen molar-refractivity contribution in [1.82, 2.24) is 20.2 Å². The van der Waals surface area contributed by atoms with Crippen molar-refractivity contribution in [3.05, 3.63) is 59.7 Å². The number of nitrogens with zero attached hydrogens (tertiary/aromatic N) is 4. The van der Waals surface area contributed by atoms with Crippen molar-refractivity contribution in [2.75, 3.05) is 0 Å². The molecule has 25 heavy (non-hydrogen) atoms. The monoisotopic (exact) mass is 352 g/mol. The maximum atomic E-state index is 13.5. The van der Waals surface area contributed by atoms with E-state index in [4.69, 9.17) is 4.42 Å². The molecule has 0 fully saturated rings. The maximum absolute atomic E-state index is 13.5. The van der Waals surface area contributed by atoms with E-state index in [1.165, 1.54) is 30.2 Å². The second-order valence-corrected chi connectivity index (χ2v) is 6.63. The van der Waals surface area contributed by atoms with Gasteiger partial charge in [-0.2, -0.15) is 0 Å². The van der Waals surface area contributed by atoms with Crippen LogP contribution in [-0.2, 0) is 0 Å². The molecule has 0 aliphatic heterocycles. The highest BCUT2D eigenvalue weighted by molar-refractivity contribution is 7.99. The van der Waals surface area contributed by atoms with E-state index in [1.807, 2.05) is 26.0 Å². The molecule has 0 N–H and O–H groups in total. The average Bonchev–Trinajstić information content (AvgIpc) is 3.03. The second-order valence-electron chi connectivity index (χ2n) is 5.69. The van der Waals surface area contributed by atoms with Crippen LogP contribution in [0.1, 0.15) is 11.1 Å². The Morgan fingerprint density at radius 3 is 2.56 bits per heavy atom.